The van der Waals surface area contributed by atoms with Crippen molar-refractivity contribution in [2.75, 3.05) is 13.7 Å². The average Bonchev–Trinajstić information content (AvgIpc) is 2.46. The molecule has 2 N–H and O–H groups in total. The molecule has 0 aliphatic rings. The monoisotopic (exact) mass is 321 g/mol. The fourth-order valence-electron chi connectivity index (χ4n) is 1.76. The molecule has 2 aromatic rings. The molecule has 1 unspecified atom stereocenters. The highest BCUT2D eigenvalue weighted by Gasteiger charge is 2.11. The molecular weight excluding hydrogens is 306 g/mol. The van der Waals surface area contributed by atoms with Crippen LogP contribution in [-0.4, -0.2) is 13.7 Å². The Balaban J connectivity index is 2.07. The summed E-state index contributed by atoms with van der Waals surface area (Å²) in [6, 6.07) is 15.4. The van der Waals surface area contributed by atoms with Crippen molar-refractivity contribution in [1.29, 1.82) is 0 Å². The Morgan fingerprint density at radius 1 is 1.11 bits per heavy atom. The lowest BCUT2D eigenvalue weighted by atomic mass is 10.1. The lowest BCUT2D eigenvalue weighted by Gasteiger charge is -2.16. The van der Waals surface area contributed by atoms with Gasteiger partial charge in [-0.1, -0.05) is 36.4 Å². The van der Waals surface area contributed by atoms with E-state index in [0.29, 0.717) is 18.1 Å². The van der Waals surface area contributed by atoms with E-state index < -0.39 is 0 Å². The first kappa shape index (κ1) is 13.9. The van der Waals surface area contributed by atoms with Crippen LogP contribution < -0.4 is 15.2 Å². The molecule has 1 atom stereocenters. The summed E-state index contributed by atoms with van der Waals surface area (Å²) in [5, 5.41) is 0. The number of benzene rings is 2. The first-order chi connectivity index (χ1) is 9.22. The van der Waals surface area contributed by atoms with Crippen LogP contribution in [0.1, 0.15) is 11.6 Å². The van der Waals surface area contributed by atoms with Crippen LogP contribution in [0.15, 0.2) is 53.0 Å². The molecule has 2 rings (SSSR count). The van der Waals surface area contributed by atoms with Gasteiger partial charge < -0.3 is 15.2 Å². The number of rotatable bonds is 5. The Bertz CT molecular complexity index is 531. The van der Waals surface area contributed by atoms with E-state index in [-0.39, 0.29) is 6.04 Å². The Labute approximate surface area is 121 Å². The zero-order chi connectivity index (χ0) is 13.7. The van der Waals surface area contributed by atoms with Crippen molar-refractivity contribution in [3.63, 3.8) is 0 Å². The highest BCUT2D eigenvalue weighted by molar-refractivity contribution is 9.10. The molecule has 0 saturated carbocycles. The molecule has 3 nitrogen and oxygen atoms in total. The molecule has 0 spiro atoms. The highest BCUT2D eigenvalue weighted by Crippen LogP contribution is 2.35. The second kappa shape index (κ2) is 6.59. The van der Waals surface area contributed by atoms with Crippen LogP contribution in [0.25, 0.3) is 0 Å². The number of methoxy groups -OCH3 is 1. The van der Waals surface area contributed by atoms with Crippen LogP contribution in [0.2, 0.25) is 0 Å². The Morgan fingerprint density at radius 3 is 2.53 bits per heavy atom. The third-order valence-corrected chi connectivity index (χ3v) is 3.41. The second-order valence-electron chi connectivity index (χ2n) is 4.10. The topological polar surface area (TPSA) is 44.5 Å². The van der Waals surface area contributed by atoms with E-state index in [0.717, 1.165) is 10.0 Å². The van der Waals surface area contributed by atoms with E-state index in [4.69, 9.17) is 15.2 Å². The van der Waals surface area contributed by atoms with Gasteiger partial charge in [0.25, 0.3) is 0 Å². The van der Waals surface area contributed by atoms with Gasteiger partial charge in [0, 0.05) is 0 Å². The molecule has 19 heavy (non-hydrogen) atoms. The molecule has 0 saturated heterocycles. The van der Waals surface area contributed by atoms with Gasteiger partial charge in [0.2, 0.25) is 0 Å². The summed E-state index contributed by atoms with van der Waals surface area (Å²) < 4.78 is 11.9. The molecule has 0 heterocycles. The molecule has 2 aromatic carbocycles. The zero-order valence-corrected chi connectivity index (χ0v) is 12.3. The maximum absolute atomic E-state index is 6.10. The van der Waals surface area contributed by atoms with Crippen molar-refractivity contribution in [3.05, 3.63) is 58.6 Å². The summed E-state index contributed by atoms with van der Waals surface area (Å²) in [7, 11) is 1.62. The van der Waals surface area contributed by atoms with Gasteiger partial charge in [0.1, 0.15) is 6.61 Å². The quantitative estimate of drug-likeness (QED) is 0.916. The molecule has 0 radical (unpaired) electrons. The van der Waals surface area contributed by atoms with Gasteiger partial charge in [-0.3, -0.25) is 0 Å². The van der Waals surface area contributed by atoms with Gasteiger partial charge in [0.15, 0.2) is 11.5 Å². The van der Waals surface area contributed by atoms with Crippen LogP contribution in [-0.2, 0) is 0 Å². The van der Waals surface area contributed by atoms with E-state index in [1.54, 1.807) is 7.11 Å². The minimum Gasteiger partial charge on any atom is -0.493 e. The summed E-state index contributed by atoms with van der Waals surface area (Å²) in [5.74, 6) is 1.37. The predicted octanol–water partition coefficient (Wildman–Crippen LogP) is 3.54. The molecule has 0 amide bonds. The van der Waals surface area contributed by atoms with Gasteiger partial charge in [-0.25, -0.2) is 0 Å². The summed E-state index contributed by atoms with van der Waals surface area (Å²) in [5.41, 5.74) is 7.15. The van der Waals surface area contributed by atoms with E-state index in [1.807, 2.05) is 48.5 Å². The number of nitrogens with two attached hydrogens (primary N) is 1. The lowest BCUT2D eigenvalue weighted by Crippen LogP contribution is -2.19. The van der Waals surface area contributed by atoms with Crippen molar-refractivity contribution in [2.45, 2.75) is 6.04 Å². The van der Waals surface area contributed by atoms with E-state index >= 15 is 0 Å². The van der Waals surface area contributed by atoms with Gasteiger partial charge in [-0.05, 0) is 33.6 Å². The molecule has 0 aliphatic heterocycles. The molecule has 0 bridgehead atoms. The SMILES string of the molecule is COc1cccc(Br)c1OCC(N)c1ccccc1. The first-order valence-electron chi connectivity index (χ1n) is 5.98. The van der Waals surface area contributed by atoms with E-state index in [1.165, 1.54) is 0 Å². The van der Waals surface area contributed by atoms with Crippen molar-refractivity contribution in [1.82, 2.24) is 0 Å². The van der Waals surface area contributed by atoms with E-state index in [9.17, 15) is 0 Å². The van der Waals surface area contributed by atoms with E-state index in [2.05, 4.69) is 15.9 Å². The van der Waals surface area contributed by atoms with Crippen LogP contribution in [0.4, 0.5) is 0 Å². The predicted molar refractivity (Wildman–Crippen MR) is 79.6 cm³/mol. The van der Waals surface area contributed by atoms with Crippen LogP contribution >= 0.6 is 15.9 Å². The highest BCUT2D eigenvalue weighted by atomic mass is 79.9. The fraction of sp³-hybridized carbons (Fsp3) is 0.200. The minimum atomic E-state index is -0.169. The fourth-order valence-corrected chi connectivity index (χ4v) is 2.22. The first-order valence-corrected chi connectivity index (χ1v) is 6.77. The number of ether oxygens (including phenoxy) is 2. The summed E-state index contributed by atoms with van der Waals surface area (Å²) in [6.45, 7) is 0.392. The van der Waals surface area contributed by atoms with Crippen molar-refractivity contribution < 1.29 is 9.47 Å². The average molecular weight is 322 g/mol. The maximum Gasteiger partial charge on any atom is 0.175 e. The maximum atomic E-state index is 6.10. The third kappa shape index (κ3) is 3.49. The molecule has 0 fully saturated rings. The molecule has 0 aromatic heterocycles. The normalized spacial score (nSPS) is 11.9. The zero-order valence-electron chi connectivity index (χ0n) is 10.7. The van der Waals surface area contributed by atoms with Gasteiger partial charge in [0.05, 0.1) is 17.6 Å². The van der Waals surface area contributed by atoms with Crippen LogP contribution in [0.5, 0.6) is 11.5 Å². The van der Waals surface area contributed by atoms with Crippen molar-refractivity contribution in [3.8, 4) is 11.5 Å². The smallest absolute Gasteiger partial charge is 0.175 e. The van der Waals surface area contributed by atoms with Crippen molar-refractivity contribution in [2.24, 2.45) is 5.73 Å². The molecule has 100 valence electrons. The van der Waals surface area contributed by atoms with Crippen molar-refractivity contribution >= 4 is 15.9 Å². The van der Waals surface area contributed by atoms with Crippen LogP contribution in [0, 0.1) is 0 Å². The molecule has 4 heteroatoms. The molecular formula is C15H16BrNO2. The summed E-state index contributed by atoms with van der Waals surface area (Å²) in [4.78, 5) is 0. The van der Waals surface area contributed by atoms with Gasteiger partial charge in [-0.2, -0.15) is 0 Å². The minimum absolute atomic E-state index is 0.169. The Morgan fingerprint density at radius 2 is 1.84 bits per heavy atom. The lowest BCUT2D eigenvalue weighted by molar-refractivity contribution is 0.271. The van der Waals surface area contributed by atoms with Gasteiger partial charge >= 0.3 is 0 Å². The second-order valence-corrected chi connectivity index (χ2v) is 4.95. The number of para-hydroxylation sites is 1. The third-order valence-electron chi connectivity index (χ3n) is 2.79. The number of halogens is 1. The standard InChI is InChI=1S/C15H16BrNO2/c1-18-14-9-5-8-12(16)15(14)19-10-13(17)11-6-3-2-4-7-11/h2-9,13H,10,17H2,1H3. The number of hydrogen-bond acceptors (Lipinski definition) is 3. The Hall–Kier alpha value is -1.52. The largest absolute Gasteiger partial charge is 0.493 e. The summed E-state index contributed by atoms with van der Waals surface area (Å²) in [6.07, 6.45) is 0. The van der Waals surface area contributed by atoms with Crippen LogP contribution in [0.3, 0.4) is 0 Å². The van der Waals surface area contributed by atoms with Gasteiger partial charge in [-0.15, -0.1) is 0 Å². The number of hydrogen-bond donors (Lipinski definition) is 1. The summed E-state index contributed by atoms with van der Waals surface area (Å²) >= 11 is 3.45. The Kier molecular flexibility index (Phi) is 4.82. The molecule has 0 aliphatic carbocycles.